The summed E-state index contributed by atoms with van der Waals surface area (Å²) >= 11 is 0. The van der Waals surface area contributed by atoms with Crippen molar-refractivity contribution in [2.24, 2.45) is 0 Å². The third kappa shape index (κ3) is 19.9. The van der Waals surface area contributed by atoms with Gasteiger partial charge >= 0.3 is 0 Å². The van der Waals surface area contributed by atoms with Crippen molar-refractivity contribution in [2.75, 3.05) is 6.54 Å². The van der Waals surface area contributed by atoms with E-state index < -0.39 is 5.23 Å². The van der Waals surface area contributed by atoms with Crippen LogP contribution in [0, 0.1) is 5.21 Å². The van der Waals surface area contributed by atoms with Gasteiger partial charge in [0.15, 0.2) is 0 Å². The largest absolute Gasteiger partial charge is 0.600 e. The van der Waals surface area contributed by atoms with E-state index in [-0.39, 0.29) is 0 Å². The van der Waals surface area contributed by atoms with Gasteiger partial charge in [-0.25, -0.2) is 10.4 Å². The summed E-state index contributed by atoms with van der Waals surface area (Å²) in [5.74, 6) is 0. The quantitative estimate of drug-likeness (QED) is 0.293. The van der Waals surface area contributed by atoms with E-state index in [0.717, 1.165) is 12.8 Å². The van der Waals surface area contributed by atoms with E-state index in [4.69, 9.17) is 5.21 Å². The molecule has 1 atom stereocenters. The first kappa shape index (κ1) is 20.9. The van der Waals surface area contributed by atoms with Crippen molar-refractivity contribution < 1.29 is 10.4 Å². The highest BCUT2D eigenvalue weighted by Crippen LogP contribution is 2.13. The van der Waals surface area contributed by atoms with Gasteiger partial charge in [0.05, 0.1) is 0 Å². The Morgan fingerprint density at radius 2 is 0.857 bits per heavy atom. The molecule has 0 aromatic carbocycles. The highest BCUT2D eigenvalue weighted by atomic mass is 16.8. The van der Waals surface area contributed by atoms with Crippen LogP contribution in [0.2, 0.25) is 0 Å². The second kappa shape index (κ2) is 17.9. The van der Waals surface area contributed by atoms with Gasteiger partial charge in [0.25, 0.3) is 0 Å². The van der Waals surface area contributed by atoms with Gasteiger partial charge in [-0.1, -0.05) is 96.8 Å². The number of nitrogens with one attached hydrogen (secondary N) is 1. The van der Waals surface area contributed by atoms with E-state index in [9.17, 15) is 5.21 Å². The normalized spacial score (nSPS) is 12.7. The van der Waals surface area contributed by atoms with Gasteiger partial charge in [-0.15, -0.1) is 0 Å². The van der Waals surface area contributed by atoms with Crippen molar-refractivity contribution in [3.8, 4) is 0 Å². The van der Waals surface area contributed by atoms with Crippen LogP contribution in [-0.4, -0.2) is 11.8 Å². The van der Waals surface area contributed by atoms with Crippen LogP contribution in [0.15, 0.2) is 0 Å². The highest BCUT2D eigenvalue weighted by Gasteiger charge is 1.95. The second-order valence-electron chi connectivity index (χ2n) is 6.45. The molecule has 0 amide bonds. The number of rotatable bonds is 17. The smallest absolute Gasteiger partial charge is 0.106 e. The lowest BCUT2D eigenvalue weighted by atomic mass is 10.0. The topological polar surface area (TPSA) is 47.7 Å². The van der Waals surface area contributed by atoms with E-state index >= 15 is 0 Å². The fourth-order valence-corrected chi connectivity index (χ4v) is 2.82. The Labute approximate surface area is 132 Å². The molecule has 0 radical (unpaired) electrons. The molecule has 0 aliphatic heterocycles. The van der Waals surface area contributed by atoms with Crippen LogP contribution >= 0.6 is 0 Å². The fourth-order valence-electron chi connectivity index (χ4n) is 2.82. The molecule has 1 unspecified atom stereocenters. The second-order valence-corrected chi connectivity index (χ2v) is 6.45. The van der Waals surface area contributed by atoms with Gasteiger partial charge in [-0.05, 0) is 12.8 Å². The summed E-state index contributed by atoms with van der Waals surface area (Å²) in [5, 5.41) is 18.2. The van der Waals surface area contributed by atoms with Gasteiger partial charge in [-0.2, -0.15) is 0 Å². The summed E-state index contributed by atoms with van der Waals surface area (Å²) in [6, 6.07) is 0. The number of unbranched alkanes of at least 4 members (excludes halogenated alkanes) is 15. The van der Waals surface area contributed by atoms with E-state index in [1.165, 1.54) is 89.9 Å². The summed E-state index contributed by atoms with van der Waals surface area (Å²) < 4.78 is 0. The Morgan fingerprint density at radius 3 is 1.14 bits per heavy atom. The van der Waals surface area contributed by atoms with Crippen LogP contribution in [0.5, 0.6) is 0 Å². The predicted octanol–water partition coefficient (Wildman–Crippen LogP) is 5.02. The van der Waals surface area contributed by atoms with Crippen molar-refractivity contribution in [3.63, 3.8) is 0 Å². The van der Waals surface area contributed by atoms with E-state index in [1.807, 2.05) is 0 Å². The molecule has 0 saturated carbocycles. The molecule has 0 aliphatic carbocycles. The lowest BCUT2D eigenvalue weighted by molar-refractivity contribution is -1.05. The zero-order chi connectivity index (χ0) is 15.6. The molecule has 0 aromatic rings. The van der Waals surface area contributed by atoms with E-state index in [1.54, 1.807) is 0 Å². The third-order valence-corrected chi connectivity index (χ3v) is 4.24. The van der Waals surface area contributed by atoms with E-state index in [2.05, 4.69) is 6.92 Å². The maximum absolute atomic E-state index is 10.3. The minimum atomic E-state index is -0.652. The lowest BCUT2D eigenvalue weighted by Crippen LogP contribution is -3.04. The van der Waals surface area contributed by atoms with Crippen molar-refractivity contribution in [2.45, 2.75) is 110 Å². The first-order chi connectivity index (χ1) is 10.3. The average molecular weight is 302 g/mol. The van der Waals surface area contributed by atoms with Crippen LogP contribution < -0.4 is 5.23 Å². The number of quaternary nitrogens is 1. The van der Waals surface area contributed by atoms with Crippen molar-refractivity contribution in [1.82, 2.24) is 0 Å². The summed E-state index contributed by atoms with van der Waals surface area (Å²) in [6.45, 7) is 2.62. The summed E-state index contributed by atoms with van der Waals surface area (Å²) in [7, 11) is 0. The predicted molar refractivity (Wildman–Crippen MR) is 90.5 cm³/mol. The minimum Gasteiger partial charge on any atom is -0.600 e. The molecule has 0 heterocycles. The highest BCUT2D eigenvalue weighted by molar-refractivity contribution is 4.49. The Balaban J connectivity index is 2.93. The Kier molecular flexibility index (Phi) is 17.8. The molecule has 0 aromatic heterocycles. The maximum atomic E-state index is 10.3. The number of hydroxylamine groups is 2. The fraction of sp³-hybridized carbons (Fsp3) is 1.00. The molecule has 0 rings (SSSR count). The first-order valence-electron chi connectivity index (χ1n) is 9.49. The van der Waals surface area contributed by atoms with Crippen molar-refractivity contribution in [1.29, 1.82) is 0 Å². The summed E-state index contributed by atoms with van der Waals surface area (Å²) in [5.41, 5.74) is 0. The van der Waals surface area contributed by atoms with Gasteiger partial charge in [0.2, 0.25) is 0 Å². The van der Waals surface area contributed by atoms with Gasteiger partial charge in [-0.3, -0.25) is 0 Å². The van der Waals surface area contributed by atoms with E-state index in [0.29, 0.717) is 6.54 Å². The van der Waals surface area contributed by atoms with Crippen LogP contribution in [0.3, 0.4) is 0 Å². The van der Waals surface area contributed by atoms with Crippen LogP contribution in [-0.2, 0) is 0 Å². The lowest BCUT2D eigenvalue weighted by Gasteiger charge is -2.11. The molecular weight excluding hydrogens is 262 g/mol. The molecule has 0 aliphatic rings. The van der Waals surface area contributed by atoms with Gasteiger partial charge in [0.1, 0.15) is 6.54 Å². The Morgan fingerprint density at radius 1 is 0.571 bits per heavy atom. The number of hydrogen-bond donors (Lipinski definition) is 2. The first-order valence-corrected chi connectivity index (χ1v) is 9.49. The molecule has 21 heavy (non-hydrogen) atoms. The third-order valence-electron chi connectivity index (χ3n) is 4.24. The van der Waals surface area contributed by atoms with Crippen LogP contribution in [0.4, 0.5) is 0 Å². The zero-order valence-electron chi connectivity index (χ0n) is 14.4. The van der Waals surface area contributed by atoms with Crippen molar-refractivity contribution in [3.05, 3.63) is 5.21 Å². The van der Waals surface area contributed by atoms with Crippen molar-refractivity contribution >= 4 is 0 Å². The number of hydrogen-bond acceptors (Lipinski definition) is 2. The Hall–Kier alpha value is -0.120. The van der Waals surface area contributed by atoms with Crippen LogP contribution in [0.1, 0.15) is 110 Å². The van der Waals surface area contributed by atoms with Gasteiger partial charge in [0, 0.05) is 0 Å². The molecule has 0 saturated heterocycles. The summed E-state index contributed by atoms with van der Waals surface area (Å²) in [4.78, 5) is 0. The summed E-state index contributed by atoms with van der Waals surface area (Å²) in [6.07, 6.45) is 21.3. The zero-order valence-corrected chi connectivity index (χ0v) is 14.4. The Bertz CT molecular complexity index is 186. The average Bonchev–Trinajstić information content (AvgIpc) is 2.46. The maximum Gasteiger partial charge on any atom is 0.106 e. The molecule has 3 nitrogen and oxygen atoms in total. The molecule has 0 bridgehead atoms. The monoisotopic (exact) mass is 301 g/mol. The molecular formula is C18H39NO2. The minimum absolute atomic E-state index is 0.346. The SMILES string of the molecule is CCCCCCCCCCCCCCCCCC[NH+]([O-])O. The molecule has 0 spiro atoms. The standard InChI is InChI=1S/C18H39NO2/c1-2-3-4-5-6-7-8-9-10-11-12-13-14-15-16-17-18-19(20)21/h19-20H,2-18H2,1H3. The van der Waals surface area contributed by atoms with Gasteiger partial charge < -0.3 is 5.21 Å². The molecule has 3 heteroatoms. The van der Waals surface area contributed by atoms with Crippen LogP contribution in [0.25, 0.3) is 0 Å². The molecule has 2 N–H and O–H groups in total. The molecule has 128 valence electrons. The molecule has 0 fully saturated rings.